The smallest absolute Gasteiger partial charge is 0.266 e. The predicted octanol–water partition coefficient (Wildman–Crippen LogP) is 5.54. The second-order valence-corrected chi connectivity index (χ2v) is 7.32. The SMILES string of the molecule is Cc1ccc(N2C(=O)/C(=C\c3cccs3)N=C2c2ccccc2Cl)cc1. The first-order valence-electron chi connectivity index (χ1n) is 8.13. The minimum atomic E-state index is -0.155. The number of carbonyl (C=O) groups excluding carboxylic acids is 1. The number of amidine groups is 1. The number of benzene rings is 2. The summed E-state index contributed by atoms with van der Waals surface area (Å²) >= 11 is 7.95. The number of hydrogen-bond acceptors (Lipinski definition) is 3. The lowest BCUT2D eigenvalue weighted by Gasteiger charge is -2.19. The first kappa shape index (κ1) is 16.8. The number of aryl methyl sites for hydroxylation is 1. The van der Waals surface area contributed by atoms with Crippen molar-refractivity contribution in [3.8, 4) is 0 Å². The average Bonchev–Trinajstić information content (AvgIpc) is 3.26. The number of hydrogen-bond donors (Lipinski definition) is 0. The van der Waals surface area contributed by atoms with Crippen LogP contribution in [0.2, 0.25) is 5.02 Å². The summed E-state index contributed by atoms with van der Waals surface area (Å²) in [4.78, 5) is 20.4. The Kier molecular flexibility index (Phi) is 4.45. The number of aliphatic imine (C=N–C) groups is 1. The summed E-state index contributed by atoms with van der Waals surface area (Å²) in [7, 11) is 0. The standard InChI is InChI=1S/C21H15ClN2OS/c1-14-8-10-15(11-9-14)24-20(17-6-2-3-7-18(17)22)23-19(21(24)25)13-16-5-4-12-26-16/h2-13H,1H3/b19-13+. The maximum Gasteiger partial charge on any atom is 0.282 e. The number of carbonyl (C=O) groups is 1. The van der Waals surface area contributed by atoms with E-state index in [4.69, 9.17) is 11.6 Å². The van der Waals surface area contributed by atoms with Crippen LogP contribution in [0.15, 0.2) is 76.7 Å². The highest BCUT2D eigenvalue weighted by Crippen LogP contribution is 2.30. The summed E-state index contributed by atoms with van der Waals surface area (Å²) in [6, 6.07) is 19.2. The van der Waals surface area contributed by atoms with Crippen molar-refractivity contribution < 1.29 is 4.79 Å². The molecule has 2 heterocycles. The lowest BCUT2D eigenvalue weighted by Crippen LogP contribution is -2.32. The van der Waals surface area contributed by atoms with Crippen molar-refractivity contribution in [1.82, 2.24) is 0 Å². The summed E-state index contributed by atoms with van der Waals surface area (Å²) in [6.45, 7) is 2.01. The molecule has 0 atom stereocenters. The Hall–Kier alpha value is -2.69. The number of thiophene rings is 1. The fraction of sp³-hybridized carbons (Fsp3) is 0.0476. The molecule has 0 radical (unpaired) electrons. The largest absolute Gasteiger partial charge is 0.282 e. The van der Waals surface area contributed by atoms with Gasteiger partial charge >= 0.3 is 0 Å². The van der Waals surface area contributed by atoms with E-state index < -0.39 is 0 Å². The molecule has 0 unspecified atom stereocenters. The minimum absolute atomic E-state index is 0.155. The van der Waals surface area contributed by atoms with Gasteiger partial charge in [-0.3, -0.25) is 9.69 Å². The van der Waals surface area contributed by atoms with Gasteiger partial charge in [-0.15, -0.1) is 11.3 Å². The molecule has 0 aliphatic carbocycles. The Morgan fingerprint density at radius 1 is 1.04 bits per heavy atom. The van der Waals surface area contributed by atoms with E-state index in [0.717, 1.165) is 21.7 Å². The van der Waals surface area contributed by atoms with Gasteiger partial charge in [0.1, 0.15) is 11.5 Å². The molecule has 5 heteroatoms. The molecule has 26 heavy (non-hydrogen) atoms. The van der Waals surface area contributed by atoms with Crippen LogP contribution in [0.25, 0.3) is 6.08 Å². The van der Waals surface area contributed by atoms with Gasteiger partial charge in [0, 0.05) is 10.4 Å². The number of rotatable bonds is 3. The van der Waals surface area contributed by atoms with E-state index in [1.165, 1.54) is 0 Å². The fourth-order valence-electron chi connectivity index (χ4n) is 2.78. The van der Waals surface area contributed by atoms with Crippen molar-refractivity contribution in [3.63, 3.8) is 0 Å². The molecule has 0 N–H and O–H groups in total. The summed E-state index contributed by atoms with van der Waals surface area (Å²) in [5, 5.41) is 2.54. The average molecular weight is 379 g/mol. The maximum absolute atomic E-state index is 13.1. The molecular formula is C21H15ClN2OS. The van der Waals surface area contributed by atoms with Crippen LogP contribution in [0, 0.1) is 6.92 Å². The molecule has 2 aromatic carbocycles. The molecule has 1 aromatic heterocycles. The molecule has 0 saturated heterocycles. The monoisotopic (exact) mass is 378 g/mol. The highest BCUT2D eigenvalue weighted by atomic mass is 35.5. The Morgan fingerprint density at radius 3 is 2.50 bits per heavy atom. The minimum Gasteiger partial charge on any atom is -0.266 e. The van der Waals surface area contributed by atoms with Crippen LogP contribution in [0.3, 0.4) is 0 Å². The third kappa shape index (κ3) is 3.09. The summed E-state index contributed by atoms with van der Waals surface area (Å²) in [5.74, 6) is 0.393. The number of nitrogens with zero attached hydrogens (tertiary/aromatic N) is 2. The molecule has 1 aliphatic heterocycles. The van der Waals surface area contributed by atoms with E-state index in [-0.39, 0.29) is 5.91 Å². The van der Waals surface area contributed by atoms with Gasteiger partial charge in [-0.25, -0.2) is 4.99 Å². The molecule has 0 bridgehead atoms. The Labute approximate surface area is 160 Å². The fourth-order valence-corrected chi connectivity index (χ4v) is 3.65. The van der Waals surface area contributed by atoms with Crippen LogP contribution >= 0.6 is 22.9 Å². The zero-order valence-electron chi connectivity index (χ0n) is 14.0. The molecular weight excluding hydrogens is 364 g/mol. The molecule has 4 rings (SSSR count). The van der Waals surface area contributed by atoms with Gasteiger partial charge in [0.05, 0.1) is 10.7 Å². The van der Waals surface area contributed by atoms with E-state index in [2.05, 4.69) is 4.99 Å². The third-order valence-corrected chi connectivity index (χ3v) is 5.24. The molecule has 3 nitrogen and oxygen atoms in total. The molecule has 0 saturated carbocycles. The van der Waals surface area contributed by atoms with E-state index in [1.54, 1.807) is 22.3 Å². The summed E-state index contributed by atoms with van der Waals surface area (Å²) < 4.78 is 0. The van der Waals surface area contributed by atoms with Gasteiger partial charge in [-0.1, -0.05) is 47.5 Å². The molecule has 3 aromatic rings. The normalized spacial score (nSPS) is 15.6. The van der Waals surface area contributed by atoms with Crippen LogP contribution in [0.5, 0.6) is 0 Å². The summed E-state index contributed by atoms with van der Waals surface area (Å²) in [5.41, 5.74) is 3.04. The lowest BCUT2D eigenvalue weighted by molar-refractivity contribution is -0.113. The van der Waals surface area contributed by atoms with Crippen LogP contribution in [0.1, 0.15) is 16.0 Å². The topological polar surface area (TPSA) is 32.7 Å². The van der Waals surface area contributed by atoms with Crippen molar-refractivity contribution >= 4 is 46.4 Å². The Bertz CT molecular complexity index is 1020. The van der Waals surface area contributed by atoms with E-state index >= 15 is 0 Å². The second-order valence-electron chi connectivity index (χ2n) is 5.94. The first-order valence-corrected chi connectivity index (χ1v) is 9.39. The number of amides is 1. The van der Waals surface area contributed by atoms with Crippen LogP contribution in [-0.4, -0.2) is 11.7 Å². The van der Waals surface area contributed by atoms with Crippen LogP contribution < -0.4 is 4.90 Å². The number of anilines is 1. The van der Waals surface area contributed by atoms with Crippen LogP contribution in [-0.2, 0) is 4.79 Å². The van der Waals surface area contributed by atoms with Crippen LogP contribution in [0.4, 0.5) is 5.69 Å². The van der Waals surface area contributed by atoms with Gasteiger partial charge in [-0.2, -0.15) is 0 Å². The van der Waals surface area contributed by atoms with E-state index in [0.29, 0.717) is 16.6 Å². The van der Waals surface area contributed by atoms with Gasteiger partial charge in [-0.05, 0) is 48.7 Å². The second kappa shape index (κ2) is 6.90. The van der Waals surface area contributed by atoms with Crippen molar-refractivity contribution in [1.29, 1.82) is 0 Å². The zero-order chi connectivity index (χ0) is 18.1. The van der Waals surface area contributed by atoms with Gasteiger partial charge in [0.25, 0.3) is 5.91 Å². The van der Waals surface area contributed by atoms with Gasteiger partial charge < -0.3 is 0 Å². The molecule has 128 valence electrons. The van der Waals surface area contributed by atoms with Gasteiger partial charge in [0.2, 0.25) is 0 Å². The van der Waals surface area contributed by atoms with E-state index in [9.17, 15) is 4.79 Å². The Morgan fingerprint density at radius 2 is 1.81 bits per heavy atom. The summed E-state index contributed by atoms with van der Waals surface area (Å²) in [6.07, 6.45) is 1.82. The van der Waals surface area contributed by atoms with Gasteiger partial charge in [0.15, 0.2) is 0 Å². The number of halogens is 1. The molecule has 0 spiro atoms. The van der Waals surface area contributed by atoms with E-state index in [1.807, 2.05) is 73.0 Å². The Balaban J connectivity index is 1.86. The predicted molar refractivity (Wildman–Crippen MR) is 109 cm³/mol. The van der Waals surface area contributed by atoms with Crippen molar-refractivity contribution in [2.75, 3.05) is 4.90 Å². The molecule has 0 fully saturated rings. The molecule has 1 amide bonds. The third-order valence-electron chi connectivity index (χ3n) is 4.09. The highest BCUT2D eigenvalue weighted by Gasteiger charge is 2.33. The lowest BCUT2D eigenvalue weighted by atomic mass is 10.1. The van der Waals surface area contributed by atoms with Crippen molar-refractivity contribution in [2.45, 2.75) is 6.92 Å². The zero-order valence-corrected chi connectivity index (χ0v) is 15.6. The molecule has 1 aliphatic rings. The van der Waals surface area contributed by atoms with Crippen molar-refractivity contribution in [2.24, 2.45) is 4.99 Å². The van der Waals surface area contributed by atoms with Crippen molar-refractivity contribution in [3.05, 3.63) is 92.8 Å². The maximum atomic E-state index is 13.1. The first-order chi connectivity index (χ1) is 12.6. The quantitative estimate of drug-likeness (QED) is 0.550. The highest BCUT2D eigenvalue weighted by molar-refractivity contribution is 7.10.